The number of hydrogen-bond donors (Lipinski definition) is 1. The first-order valence-corrected chi connectivity index (χ1v) is 7.26. The van der Waals surface area contributed by atoms with Crippen molar-refractivity contribution in [2.75, 3.05) is 19.0 Å². The number of methoxy groups -OCH3 is 1. The third-order valence-corrected chi connectivity index (χ3v) is 3.31. The van der Waals surface area contributed by atoms with E-state index in [9.17, 15) is 10.1 Å². The number of nitro benzene ring substituents is 1. The van der Waals surface area contributed by atoms with Crippen LogP contribution in [-0.2, 0) is 0 Å². The molecule has 1 N–H and O–H groups in total. The van der Waals surface area contributed by atoms with Crippen LogP contribution in [0.3, 0.4) is 0 Å². The van der Waals surface area contributed by atoms with Crippen LogP contribution in [-0.4, -0.2) is 24.7 Å². The van der Waals surface area contributed by atoms with Gasteiger partial charge in [-0.15, -0.1) is 0 Å². The van der Waals surface area contributed by atoms with Gasteiger partial charge in [-0.2, -0.15) is 5.26 Å². The lowest BCUT2D eigenvalue weighted by atomic mass is 10.1. The maximum atomic E-state index is 10.7. The minimum Gasteiger partial charge on any atom is -0.497 e. The monoisotopic (exact) mass is 327 g/mol. The van der Waals surface area contributed by atoms with Crippen molar-refractivity contribution in [3.8, 4) is 17.6 Å². The number of anilines is 1. The van der Waals surface area contributed by atoms with Gasteiger partial charge in [-0.3, -0.25) is 10.1 Å². The summed E-state index contributed by atoms with van der Waals surface area (Å²) in [5, 5.41) is 22.9. The Bertz CT molecular complexity index is 753. The summed E-state index contributed by atoms with van der Waals surface area (Å²) in [4.78, 5) is 10.2. The molecule has 1 atom stereocenters. The number of benzene rings is 2. The lowest BCUT2D eigenvalue weighted by molar-refractivity contribution is -0.384. The van der Waals surface area contributed by atoms with Crippen molar-refractivity contribution in [2.45, 2.75) is 13.0 Å². The molecule has 124 valence electrons. The maximum absolute atomic E-state index is 10.7. The number of non-ortho nitro benzene ring substituents is 1. The molecule has 0 aliphatic carbocycles. The van der Waals surface area contributed by atoms with Gasteiger partial charge in [-0.1, -0.05) is 0 Å². The molecule has 0 saturated carbocycles. The van der Waals surface area contributed by atoms with Gasteiger partial charge in [0, 0.05) is 12.1 Å². The Morgan fingerprint density at radius 1 is 1.25 bits per heavy atom. The largest absolute Gasteiger partial charge is 0.497 e. The van der Waals surface area contributed by atoms with Crippen LogP contribution in [0.2, 0.25) is 0 Å². The predicted molar refractivity (Wildman–Crippen MR) is 89.4 cm³/mol. The molecule has 0 bridgehead atoms. The summed E-state index contributed by atoms with van der Waals surface area (Å²) in [7, 11) is 1.60. The van der Waals surface area contributed by atoms with Gasteiger partial charge in [0.05, 0.1) is 29.8 Å². The molecule has 2 aromatic rings. The van der Waals surface area contributed by atoms with E-state index in [0.29, 0.717) is 18.0 Å². The zero-order valence-electron chi connectivity index (χ0n) is 13.4. The molecule has 0 heterocycles. The molecule has 7 nitrogen and oxygen atoms in total. The van der Waals surface area contributed by atoms with Crippen LogP contribution in [0.1, 0.15) is 12.5 Å². The summed E-state index contributed by atoms with van der Waals surface area (Å²) in [6.45, 7) is 2.33. The Hall–Kier alpha value is -3.27. The van der Waals surface area contributed by atoms with Crippen LogP contribution in [0.5, 0.6) is 11.5 Å². The molecule has 2 aromatic carbocycles. The Labute approximate surface area is 139 Å². The molecule has 0 aliphatic heterocycles. The van der Waals surface area contributed by atoms with E-state index in [0.717, 1.165) is 5.75 Å². The fourth-order valence-corrected chi connectivity index (χ4v) is 2.07. The van der Waals surface area contributed by atoms with Crippen molar-refractivity contribution in [1.82, 2.24) is 0 Å². The van der Waals surface area contributed by atoms with Gasteiger partial charge in [0.1, 0.15) is 23.7 Å². The smallest absolute Gasteiger partial charge is 0.270 e. The quantitative estimate of drug-likeness (QED) is 0.618. The van der Waals surface area contributed by atoms with Crippen molar-refractivity contribution in [1.29, 1.82) is 5.26 Å². The molecule has 2 rings (SSSR count). The average molecular weight is 327 g/mol. The molecule has 0 amide bonds. The lowest BCUT2D eigenvalue weighted by Crippen LogP contribution is -2.23. The number of nitrogens with one attached hydrogen (secondary N) is 1. The van der Waals surface area contributed by atoms with Crippen molar-refractivity contribution < 1.29 is 14.4 Å². The highest BCUT2D eigenvalue weighted by atomic mass is 16.6. The second-order valence-corrected chi connectivity index (χ2v) is 5.08. The summed E-state index contributed by atoms with van der Waals surface area (Å²) >= 11 is 0. The molecule has 0 saturated heterocycles. The van der Waals surface area contributed by atoms with Crippen LogP contribution in [0.4, 0.5) is 11.4 Å². The summed E-state index contributed by atoms with van der Waals surface area (Å²) < 4.78 is 10.8. The van der Waals surface area contributed by atoms with E-state index in [1.807, 2.05) is 25.1 Å². The number of nitro groups is 1. The first kappa shape index (κ1) is 17.1. The second kappa shape index (κ2) is 7.83. The van der Waals surface area contributed by atoms with E-state index in [4.69, 9.17) is 14.7 Å². The molecule has 0 aromatic heterocycles. The van der Waals surface area contributed by atoms with Crippen LogP contribution in [0.25, 0.3) is 0 Å². The van der Waals surface area contributed by atoms with Gasteiger partial charge in [0.2, 0.25) is 0 Å². The zero-order valence-corrected chi connectivity index (χ0v) is 13.4. The number of nitrogens with zero attached hydrogens (tertiary/aromatic N) is 2. The molecule has 1 unspecified atom stereocenters. The first-order valence-electron chi connectivity index (χ1n) is 7.26. The predicted octanol–water partition coefficient (Wildman–Crippen LogP) is 3.35. The highest BCUT2D eigenvalue weighted by Gasteiger charge is 2.12. The molecular formula is C17H17N3O4. The molecule has 0 aliphatic rings. The molecule has 0 spiro atoms. The highest BCUT2D eigenvalue weighted by molar-refractivity contribution is 5.61. The fraction of sp³-hybridized carbons (Fsp3) is 0.235. The lowest BCUT2D eigenvalue weighted by Gasteiger charge is -2.17. The van der Waals surface area contributed by atoms with E-state index in [1.165, 1.54) is 18.2 Å². The van der Waals surface area contributed by atoms with Crippen LogP contribution in [0.15, 0.2) is 42.5 Å². The number of ether oxygens (including phenoxy) is 2. The summed E-state index contributed by atoms with van der Waals surface area (Å²) in [6.07, 6.45) is -0.167. The SMILES string of the molecule is COc1ccc(OC(C)CNc2ccc([N+](=O)[O-])cc2C#N)cc1. The van der Waals surface area contributed by atoms with Gasteiger partial charge in [0.25, 0.3) is 5.69 Å². The zero-order chi connectivity index (χ0) is 17.5. The number of hydrogen-bond acceptors (Lipinski definition) is 6. The van der Waals surface area contributed by atoms with Crippen molar-refractivity contribution in [3.05, 3.63) is 58.1 Å². The third-order valence-electron chi connectivity index (χ3n) is 3.31. The molecular weight excluding hydrogens is 310 g/mol. The van der Waals surface area contributed by atoms with Gasteiger partial charge in [-0.25, -0.2) is 0 Å². The van der Waals surface area contributed by atoms with Crippen LogP contribution in [0, 0.1) is 21.4 Å². The Morgan fingerprint density at radius 2 is 1.92 bits per heavy atom. The second-order valence-electron chi connectivity index (χ2n) is 5.08. The van der Waals surface area contributed by atoms with E-state index >= 15 is 0 Å². The average Bonchev–Trinajstić information content (AvgIpc) is 2.60. The van der Waals surface area contributed by atoms with E-state index in [-0.39, 0.29) is 17.4 Å². The van der Waals surface area contributed by atoms with Crippen LogP contribution >= 0.6 is 0 Å². The highest BCUT2D eigenvalue weighted by Crippen LogP contribution is 2.22. The maximum Gasteiger partial charge on any atom is 0.270 e. The van der Waals surface area contributed by atoms with E-state index in [2.05, 4.69) is 5.32 Å². The minimum absolute atomic E-state index is 0.111. The van der Waals surface area contributed by atoms with E-state index < -0.39 is 4.92 Å². The van der Waals surface area contributed by atoms with Crippen molar-refractivity contribution in [3.63, 3.8) is 0 Å². The third kappa shape index (κ3) is 4.36. The summed E-state index contributed by atoms with van der Waals surface area (Å²) in [6, 6.07) is 13.3. The minimum atomic E-state index is -0.528. The van der Waals surface area contributed by atoms with Gasteiger partial charge >= 0.3 is 0 Å². The molecule has 0 radical (unpaired) electrons. The van der Waals surface area contributed by atoms with Crippen molar-refractivity contribution in [2.24, 2.45) is 0 Å². The Morgan fingerprint density at radius 3 is 2.50 bits per heavy atom. The van der Waals surface area contributed by atoms with Crippen molar-refractivity contribution >= 4 is 11.4 Å². The summed E-state index contributed by atoms with van der Waals surface area (Å²) in [5.41, 5.74) is 0.647. The normalized spacial score (nSPS) is 11.2. The topological polar surface area (TPSA) is 97.4 Å². The summed E-state index contributed by atoms with van der Waals surface area (Å²) in [5.74, 6) is 1.45. The molecule has 24 heavy (non-hydrogen) atoms. The fourth-order valence-electron chi connectivity index (χ4n) is 2.07. The number of nitriles is 1. The standard InChI is InChI=1S/C17H17N3O4/c1-12(24-16-6-4-15(23-2)5-7-16)11-19-17-8-3-14(20(21)22)9-13(17)10-18/h3-9,12,19H,11H2,1-2H3. The van der Waals surface area contributed by atoms with Gasteiger partial charge in [0.15, 0.2) is 0 Å². The van der Waals surface area contributed by atoms with E-state index in [1.54, 1.807) is 19.2 Å². The van der Waals surface area contributed by atoms with Crippen LogP contribution < -0.4 is 14.8 Å². The number of rotatable bonds is 7. The Kier molecular flexibility index (Phi) is 5.58. The Balaban J connectivity index is 1.97. The molecule has 0 fully saturated rings. The van der Waals surface area contributed by atoms with Gasteiger partial charge < -0.3 is 14.8 Å². The first-order chi connectivity index (χ1) is 11.5. The van der Waals surface area contributed by atoms with Gasteiger partial charge in [-0.05, 0) is 37.3 Å². The molecule has 7 heteroatoms.